The van der Waals surface area contributed by atoms with Gasteiger partial charge in [0.2, 0.25) is 11.8 Å². The monoisotopic (exact) mass is 776 g/mol. The van der Waals surface area contributed by atoms with Gasteiger partial charge in [-0.15, -0.1) is 0 Å². The lowest BCUT2D eigenvalue weighted by Crippen LogP contribution is -2.44. The van der Waals surface area contributed by atoms with Crippen LogP contribution in [0.4, 0.5) is 5.82 Å². The normalized spacial score (nSPS) is 18.8. The zero-order chi connectivity index (χ0) is 39.6. The average Bonchev–Trinajstić information content (AvgIpc) is 3.90. The second-order valence-corrected chi connectivity index (χ2v) is 15.1. The van der Waals surface area contributed by atoms with Crippen LogP contribution in [0.1, 0.15) is 79.4 Å². The van der Waals surface area contributed by atoms with Crippen LogP contribution >= 0.6 is 0 Å². The lowest BCUT2D eigenvalue weighted by atomic mass is 9.90. The highest BCUT2D eigenvalue weighted by Gasteiger charge is 2.32. The van der Waals surface area contributed by atoms with E-state index in [-0.39, 0.29) is 30.0 Å². The van der Waals surface area contributed by atoms with Crippen LogP contribution in [0.5, 0.6) is 5.75 Å². The molecule has 0 spiro atoms. The number of hydrogen-bond acceptors (Lipinski definition) is 10. The third-order valence-electron chi connectivity index (χ3n) is 11.5. The van der Waals surface area contributed by atoms with Crippen LogP contribution in [-0.4, -0.2) is 96.1 Å². The predicted molar refractivity (Wildman–Crippen MR) is 214 cm³/mol. The van der Waals surface area contributed by atoms with Crippen molar-refractivity contribution in [1.82, 2.24) is 43.7 Å². The lowest BCUT2D eigenvalue weighted by Gasteiger charge is -2.34. The number of amides is 3. The van der Waals surface area contributed by atoms with E-state index in [4.69, 9.17) is 14.6 Å². The second kappa shape index (κ2) is 16.3. The van der Waals surface area contributed by atoms with Crippen molar-refractivity contribution in [3.05, 3.63) is 82.7 Å². The quantitative estimate of drug-likeness (QED) is 0.119. The van der Waals surface area contributed by atoms with Crippen LogP contribution in [-0.2, 0) is 27.8 Å². The molecule has 2 aromatic carbocycles. The van der Waals surface area contributed by atoms with Crippen molar-refractivity contribution in [2.75, 3.05) is 39.2 Å². The number of benzene rings is 2. The summed E-state index contributed by atoms with van der Waals surface area (Å²) in [7, 11) is 5.48. The summed E-state index contributed by atoms with van der Waals surface area (Å²) in [4.78, 5) is 57.6. The summed E-state index contributed by atoms with van der Waals surface area (Å²) in [6.45, 7) is 2.24. The van der Waals surface area contributed by atoms with E-state index in [1.807, 2.05) is 42.6 Å². The van der Waals surface area contributed by atoms with Crippen molar-refractivity contribution < 1.29 is 23.9 Å². The molecule has 2 aliphatic rings. The van der Waals surface area contributed by atoms with Gasteiger partial charge >= 0.3 is 5.69 Å². The van der Waals surface area contributed by atoms with Crippen molar-refractivity contribution in [2.24, 2.45) is 7.05 Å². The lowest BCUT2D eigenvalue weighted by molar-refractivity contribution is -0.135. The van der Waals surface area contributed by atoms with Crippen LogP contribution in [0.3, 0.4) is 0 Å². The largest absolute Gasteiger partial charge is 0.496 e. The maximum Gasteiger partial charge on any atom is 0.329 e. The topological polar surface area (TPSA) is 172 Å². The van der Waals surface area contributed by atoms with Gasteiger partial charge in [-0.3, -0.25) is 33.5 Å². The molecule has 16 nitrogen and oxygen atoms in total. The first-order chi connectivity index (χ1) is 27.7. The molecular weight excluding hydrogens is 729 g/mol. The molecule has 0 radical (unpaired) electrons. The first-order valence-electron chi connectivity index (χ1n) is 19.7. The molecule has 2 N–H and O–H groups in total. The van der Waals surface area contributed by atoms with Crippen molar-refractivity contribution >= 4 is 51.1 Å². The fraction of sp³-hybridized carbons (Fsp3) is 0.439. The molecule has 5 heterocycles. The van der Waals surface area contributed by atoms with Gasteiger partial charge < -0.3 is 19.7 Å². The summed E-state index contributed by atoms with van der Waals surface area (Å²) in [6, 6.07) is 13.1. The van der Waals surface area contributed by atoms with Gasteiger partial charge in [-0.1, -0.05) is 12.1 Å². The maximum absolute atomic E-state index is 13.4. The number of carbonyl (C=O) groups excluding carboxylic acids is 3. The Hall–Kier alpha value is -5.87. The maximum atomic E-state index is 13.4. The first-order valence-corrected chi connectivity index (χ1v) is 19.7. The van der Waals surface area contributed by atoms with Gasteiger partial charge in [0.05, 0.1) is 41.5 Å². The Kier molecular flexibility index (Phi) is 10.9. The Labute approximate surface area is 328 Å². The average molecular weight is 777 g/mol. The van der Waals surface area contributed by atoms with Crippen molar-refractivity contribution in [3.63, 3.8) is 0 Å². The van der Waals surface area contributed by atoms with Crippen molar-refractivity contribution in [3.8, 4) is 5.75 Å². The van der Waals surface area contributed by atoms with Crippen LogP contribution in [0.15, 0.2) is 65.8 Å². The van der Waals surface area contributed by atoms with Crippen LogP contribution in [0.25, 0.3) is 27.6 Å². The van der Waals surface area contributed by atoms with Gasteiger partial charge in [0.15, 0.2) is 11.5 Å². The Bertz CT molecular complexity index is 2510. The molecule has 1 aliphatic heterocycles. The van der Waals surface area contributed by atoms with Gasteiger partial charge in [0, 0.05) is 63.1 Å². The molecule has 0 bridgehead atoms. The molecule has 8 rings (SSSR count). The molecule has 1 saturated carbocycles. The number of imide groups is 1. The standard InChI is InChI=1S/C41H48N10O6/c1-47(19-7-21-57-20-6-9-26-8-4-10-32-38(26)48(2)41(55)50(32)33-16-17-37(52)45-40(33)54)28-12-14-29(15-13-28)49-25-27-22-30(34(56-3)23-31(27)46-49)39(53)44-36-24-42-35-11-5-18-43-51(35)36/h4-5,8,10-11,18,22-25,28-29,33H,6-7,9,12-17,19-21H2,1-3H3,(H,44,53)(H,45,52,54)/t28?,29?,33-/m0/s1. The van der Waals surface area contributed by atoms with E-state index in [1.54, 1.807) is 41.7 Å². The highest BCUT2D eigenvalue weighted by molar-refractivity contribution is 6.08. The number of imidazole rings is 2. The molecule has 0 unspecified atom stereocenters. The predicted octanol–water partition coefficient (Wildman–Crippen LogP) is 4.43. The zero-order valence-electron chi connectivity index (χ0n) is 32.5. The number of ether oxygens (including phenoxy) is 2. The van der Waals surface area contributed by atoms with Crippen molar-refractivity contribution in [2.45, 2.75) is 75.9 Å². The minimum Gasteiger partial charge on any atom is -0.496 e. The van der Waals surface area contributed by atoms with Gasteiger partial charge in [-0.2, -0.15) is 14.7 Å². The Morgan fingerprint density at radius 2 is 1.86 bits per heavy atom. The van der Waals surface area contributed by atoms with E-state index in [1.165, 1.54) is 4.57 Å². The number of hydrogen-bond donors (Lipinski definition) is 2. The van der Waals surface area contributed by atoms with Crippen LogP contribution < -0.4 is 21.1 Å². The number of fused-ring (bicyclic) bond motifs is 3. The minimum absolute atomic E-state index is 0.214. The van der Waals surface area contributed by atoms with Gasteiger partial charge in [0.25, 0.3) is 5.91 Å². The Morgan fingerprint density at radius 3 is 2.67 bits per heavy atom. The van der Waals surface area contributed by atoms with Gasteiger partial charge in [-0.25, -0.2) is 9.78 Å². The van der Waals surface area contributed by atoms with Gasteiger partial charge in [-0.05, 0) is 88.2 Å². The number of carbonyl (C=O) groups is 3. The number of nitrogens with one attached hydrogen (secondary N) is 2. The second-order valence-electron chi connectivity index (χ2n) is 15.1. The minimum atomic E-state index is -0.695. The number of piperidine rings is 1. The Morgan fingerprint density at radius 1 is 1.04 bits per heavy atom. The van der Waals surface area contributed by atoms with E-state index >= 15 is 0 Å². The van der Waals surface area contributed by atoms with Crippen LogP contribution in [0, 0.1) is 0 Å². The summed E-state index contributed by atoms with van der Waals surface area (Å²) in [5.41, 5.74) is 4.14. The Balaban J connectivity index is 0.788. The van der Waals surface area contributed by atoms with E-state index in [9.17, 15) is 19.2 Å². The van der Waals surface area contributed by atoms with Gasteiger partial charge in [0.1, 0.15) is 11.8 Å². The molecule has 298 valence electrons. The molecule has 16 heteroatoms. The molecular formula is C41H48N10O6. The molecule has 1 aliphatic carbocycles. The van der Waals surface area contributed by atoms with E-state index in [2.05, 4.69) is 37.3 Å². The smallest absolute Gasteiger partial charge is 0.329 e. The fourth-order valence-electron chi connectivity index (χ4n) is 8.48. The van der Waals surface area contributed by atoms with E-state index in [0.29, 0.717) is 54.0 Å². The number of para-hydroxylation sites is 1. The molecule has 1 atom stereocenters. The van der Waals surface area contributed by atoms with Crippen LogP contribution in [0.2, 0.25) is 0 Å². The summed E-state index contributed by atoms with van der Waals surface area (Å²) < 4.78 is 18.4. The molecule has 4 aromatic heterocycles. The van der Waals surface area contributed by atoms with Crippen molar-refractivity contribution in [1.29, 1.82) is 0 Å². The summed E-state index contributed by atoms with van der Waals surface area (Å²) in [5, 5.41) is 15.3. The number of rotatable bonds is 14. The van der Waals surface area contributed by atoms with E-state index in [0.717, 1.165) is 73.5 Å². The molecule has 3 amide bonds. The number of aromatic nitrogens is 7. The summed E-state index contributed by atoms with van der Waals surface area (Å²) >= 11 is 0. The molecule has 6 aromatic rings. The molecule has 2 fully saturated rings. The number of methoxy groups -OCH3 is 1. The number of anilines is 1. The highest BCUT2D eigenvalue weighted by atomic mass is 16.5. The molecule has 57 heavy (non-hydrogen) atoms. The third-order valence-corrected chi connectivity index (χ3v) is 11.5. The molecule has 1 saturated heterocycles. The number of aryl methyl sites for hydroxylation is 2. The SMILES string of the molecule is COc1cc2nn(C3CCC(N(C)CCCOCCCc4cccc5c4n(C)c(=O)n5[C@H]4CCC(=O)NC4=O)CC3)cc2cc1C(=O)Nc1cnc2cccnn12. The summed E-state index contributed by atoms with van der Waals surface area (Å²) in [6.07, 6.45) is 12.4. The summed E-state index contributed by atoms with van der Waals surface area (Å²) in [5.74, 6) is -0.121. The highest BCUT2D eigenvalue weighted by Crippen LogP contribution is 2.33. The van der Waals surface area contributed by atoms with E-state index < -0.39 is 11.9 Å². The fourth-order valence-corrected chi connectivity index (χ4v) is 8.48. The number of nitrogens with zero attached hydrogens (tertiary/aromatic N) is 8. The zero-order valence-corrected chi connectivity index (χ0v) is 32.5. The third kappa shape index (κ3) is 7.66. The first kappa shape index (κ1) is 38.0.